The number of para-hydroxylation sites is 7. The van der Waals surface area contributed by atoms with Gasteiger partial charge in [0.1, 0.15) is 35.9 Å². The predicted octanol–water partition coefficient (Wildman–Crippen LogP) is 8.46. The maximum absolute atomic E-state index is 12.4. The van der Waals surface area contributed by atoms with Crippen molar-refractivity contribution in [2.75, 3.05) is 72.8 Å². The van der Waals surface area contributed by atoms with Crippen molar-refractivity contribution < 1.29 is 84.9 Å². The van der Waals surface area contributed by atoms with Crippen LogP contribution in [0, 0.1) is 63.9 Å². The average Bonchev–Trinajstić information content (AvgIpc) is 2.14. The number of hydrogen-bond acceptors (Lipinski definition) is 21. The van der Waals surface area contributed by atoms with E-state index in [1.54, 1.807) is 24.4 Å². The molecule has 0 aliphatic carbocycles. The summed E-state index contributed by atoms with van der Waals surface area (Å²) >= 11 is 0. The first-order valence-corrected chi connectivity index (χ1v) is 28.6. The second kappa shape index (κ2) is 37.3. The molecule has 0 saturated carbocycles. The normalized spacial score (nSPS) is 16.7. The molecule has 470 valence electrons. The summed E-state index contributed by atoms with van der Waals surface area (Å²) in [5.74, 6) is 2.22. The van der Waals surface area contributed by atoms with Crippen molar-refractivity contribution in [2.24, 2.45) is 5.34 Å². The molecule has 0 spiro atoms. The number of phenols is 1. The number of rotatable bonds is 13. The number of ether oxygens (including phenoxy) is 4. The number of nitro groups is 2. The molecule has 4 aromatic carbocycles. The molecule has 26 heteroatoms. The number of pyridine rings is 4. The van der Waals surface area contributed by atoms with Crippen molar-refractivity contribution in [3.63, 3.8) is 0 Å². The van der Waals surface area contributed by atoms with Crippen LogP contribution in [0.15, 0.2) is 176 Å². The smallest absolute Gasteiger partial charge is 0.506 e. The number of aromatic hydroxyl groups is 1. The van der Waals surface area contributed by atoms with Crippen LogP contribution in [0.1, 0.15) is 47.9 Å². The largest absolute Gasteiger partial charge is 1.00 e. The number of aryl methyl sites for hydroxylation is 4. The van der Waals surface area contributed by atoms with Crippen LogP contribution in [-0.2, 0) is 17.1 Å². The van der Waals surface area contributed by atoms with Crippen molar-refractivity contribution in [3.8, 4) is 29.3 Å². The first kappa shape index (κ1) is 72.0. The van der Waals surface area contributed by atoms with E-state index in [1.807, 2.05) is 142 Å². The Morgan fingerprint density at radius 3 is 1.26 bits per heavy atom. The Kier molecular flexibility index (Phi) is 29.9. The molecule has 23 nitrogen and oxygen atoms in total. The van der Waals surface area contributed by atoms with Gasteiger partial charge in [-0.05, 0) is 99.3 Å². The number of nitrogen functional groups attached to an aromatic ring is 1. The van der Waals surface area contributed by atoms with Crippen molar-refractivity contribution in [2.45, 2.75) is 77.8 Å². The standard InChI is InChI=1S/C16H17N3O3.C16H19N3O.C16H18N2O2.C10H14N2O.C6H4FNO2.Fe.HNO2.Na/c1-12-6-7-16(17-10-12)22-13-8-9-18(11-13)14-4-2-3-5-15(14)19(20)21;1-12-6-7-16(18-10-12)20-13-8-9-19(11-13)15-5-3-2-4-14(15)17;1-12-6-7-16(17-10-12)20-13-8-9-18(11-13)14-4-2-3-5-15(14)19;1-8-2-3-10(12-6-8)13-9-4-5-11-7-9;7-5-3-1-2-4-6(5)8(9)10;;2-1-3;/h2-7,10,13H,8-9,11H2,1H3;2-7,10,13H,8-9,11,17H2,1H3;2-7,10,13,19H,8-9,11H2,1H3;2-3,6,9,11H,4-5,7H2,1H3;1-4H;;(H,2,3);/q;;;;;;;+1/p-1/t3*13-;9-;;;;/m1111..../s1. The number of anilines is 4. The molecule has 4 aromatic heterocycles. The fourth-order valence-electron chi connectivity index (χ4n) is 9.63. The zero-order valence-corrected chi connectivity index (χ0v) is 53.9. The van der Waals surface area contributed by atoms with E-state index in [9.17, 15) is 29.7 Å². The summed E-state index contributed by atoms with van der Waals surface area (Å²) in [7, 11) is 0. The Balaban J connectivity index is 0.000000205. The Labute approximate surface area is 554 Å². The van der Waals surface area contributed by atoms with Crippen LogP contribution in [0.3, 0.4) is 0 Å². The Hall–Kier alpha value is -8.71. The van der Waals surface area contributed by atoms with Gasteiger partial charge in [-0.2, -0.15) is 4.39 Å². The molecular formula is C64H72FFeN12NaO11. The van der Waals surface area contributed by atoms with E-state index in [0.29, 0.717) is 41.7 Å². The fourth-order valence-corrected chi connectivity index (χ4v) is 9.63. The van der Waals surface area contributed by atoms with E-state index in [-0.39, 0.29) is 75.5 Å². The second-order valence-corrected chi connectivity index (χ2v) is 20.9. The van der Waals surface area contributed by atoms with E-state index < -0.39 is 16.4 Å². The first-order valence-electron chi connectivity index (χ1n) is 28.6. The van der Waals surface area contributed by atoms with Crippen LogP contribution in [0.25, 0.3) is 0 Å². The molecule has 8 aromatic rings. The Morgan fingerprint density at radius 1 is 0.533 bits per heavy atom. The van der Waals surface area contributed by atoms with Gasteiger partial charge in [-0.15, -0.1) is 5.34 Å². The van der Waals surface area contributed by atoms with Gasteiger partial charge >= 0.3 is 35.2 Å². The maximum Gasteiger partial charge on any atom is 1.00 e. The minimum Gasteiger partial charge on any atom is -0.506 e. The molecule has 0 radical (unpaired) electrons. The van der Waals surface area contributed by atoms with E-state index in [4.69, 9.17) is 34.8 Å². The van der Waals surface area contributed by atoms with E-state index >= 15 is 0 Å². The summed E-state index contributed by atoms with van der Waals surface area (Å²) in [5, 5.41) is 43.2. The molecular weight excluding hydrogens is 1210 g/mol. The molecule has 4 fully saturated rings. The van der Waals surface area contributed by atoms with Crippen LogP contribution in [-0.4, -0.2) is 112 Å². The molecule has 4 aliphatic rings. The number of nitrogens with one attached hydrogen (secondary N) is 1. The van der Waals surface area contributed by atoms with Gasteiger partial charge in [0.2, 0.25) is 29.3 Å². The van der Waals surface area contributed by atoms with Crippen LogP contribution >= 0.6 is 0 Å². The third kappa shape index (κ3) is 23.0. The van der Waals surface area contributed by atoms with Gasteiger partial charge in [0.05, 0.1) is 46.5 Å². The minimum atomic E-state index is -0.799. The number of aromatic nitrogens is 4. The van der Waals surface area contributed by atoms with Gasteiger partial charge < -0.3 is 59.9 Å². The van der Waals surface area contributed by atoms with Crippen molar-refractivity contribution in [3.05, 3.63) is 229 Å². The van der Waals surface area contributed by atoms with Crippen LogP contribution < -0.4 is 74.3 Å². The predicted molar refractivity (Wildman–Crippen MR) is 336 cm³/mol. The number of benzene rings is 4. The fraction of sp³-hybridized carbons (Fsp3) is 0.312. The van der Waals surface area contributed by atoms with Gasteiger partial charge in [0.15, 0.2) is 0 Å². The average molecular weight is 1280 g/mol. The summed E-state index contributed by atoms with van der Waals surface area (Å²) in [5.41, 5.74) is 13.6. The zero-order chi connectivity index (χ0) is 62.8. The van der Waals surface area contributed by atoms with Crippen LogP contribution in [0.4, 0.5) is 38.5 Å². The summed E-state index contributed by atoms with van der Waals surface area (Å²) in [4.78, 5) is 51.4. The van der Waals surface area contributed by atoms with Gasteiger partial charge in [-0.1, -0.05) is 72.8 Å². The number of nitrogens with two attached hydrogens (primary N) is 1. The maximum atomic E-state index is 12.4. The Bertz CT molecular complexity index is 3350. The molecule has 4 aliphatic heterocycles. The summed E-state index contributed by atoms with van der Waals surface area (Å²) in [6, 6.07) is 42.8. The molecule has 0 amide bonds. The molecule has 90 heavy (non-hydrogen) atoms. The van der Waals surface area contributed by atoms with Crippen molar-refractivity contribution in [1.29, 1.82) is 0 Å². The minimum absolute atomic E-state index is 0. The first-order chi connectivity index (χ1) is 42.5. The van der Waals surface area contributed by atoms with E-state index in [0.717, 1.165) is 134 Å². The number of halogens is 1. The summed E-state index contributed by atoms with van der Waals surface area (Å²) < 4.78 is 35.7. The van der Waals surface area contributed by atoms with E-state index in [1.165, 1.54) is 18.2 Å². The monoisotopic (exact) mass is 1280 g/mol. The third-order valence-electron chi connectivity index (χ3n) is 14.1. The van der Waals surface area contributed by atoms with Crippen LogP contribution in [0.5, 0.6) is 29.3 Å². The van der Waals surface area contributed by atoms with Gasteiger partial charge in [-0.3, -0.25) is 20.2 Å². The topological polar surface area (TPSA) is 295 Å². The molecule has 0 unspecified atom stereocenters. The summed E-state index contributed by atoms with van der Waals surface area (Å²) in [6.07, 6.45) is 11.6. The summed E-state index contributed by atoms with van der Waals surface area (Å²) in [6.45, 7) is 14.8. The third-order valence-corrected chi connectivity index (χ3v) is 14.1. The van der Waals surface area contributed by atoms with E-state index in [2.05, 4.69) is 41.1 Å². The molecule has 8 heterocycles. The van der Waals surface area contributed by atoms with Crippen LogP contribution in [0.2, 0.25) is 0 Å². The van der Waals surface area contributed by atoms with Crippen molar-refractivity contribution in [1.82, 2.24) is 25.3 Å². The molecule has 4 saturated heterocycles. The van der Waals surface area contributed by atoms with Gasteiger partial charge in [-0.25, -0.2) is 19.9 Å². The number of nitro benzene ring substituents is 2. The molecule has 12 rings (SSSR count). The van der Waals surface area contributed by atoms with Crippen molar-refractivity contribution >= 4 is 34.1 Å². The Morgan fingerprint density at radius 2 is 0.889 bits per heavy atom. The quantitative estimate of drug-likeness (QED) is 0.0320. The van der Waals surface area contributed by atoms with Gasteiger partial charge in [0, 0.05) is 124 Å². The SMILES string of the molecule is Cc1ccc(O[C@@H]2CCN(c3ccccc3N)C2)nc1.Cc1ccc(O[C@@H]2CCN(c3ccccc3O)C2)nc1.Cc1ccc(O[C@@H]2CCN(c3ccccc3[N+](=O)[O-])C2)nc1.Cc1ccc(O[C@@H]2CCNC2)nc1.O=N[O-].O=[N+]([O-])c1ccccc1F.[Fe].[Na+]. The molecule has 4 N–H and O–H groups in total. The molecule has 4 atom stereocenters. The van der Waals surface area contributed by atoms with Gasteiger partial charge in [0.25, 0.3) is 5.69 Å². The number of nitrogens with zero attached hydrogens (tertiary/aromatic N) is 10. The zero-order valence-electron chi connectivity index (χ0n) is 50.8. The number of hydrogen-bond donors (Lipinski definition) is 3. The second-order valence-electron chi connectivity index (χ2n) is 20.9. The number of phenolic OH excluding ortho intramolecular Hbond substituents is 1. The molecule has 0 bridgehead atoms.